The Morgan fingerprint density at radius 2 is 1.96 bits per heavy atom. The van der Waals surface area contributed by atoms with Crippen molar-refractivity contribution in [1.29, 1.82) is 0 Å². The molecule has 0 saturated heterocycles. The maximum Gasteiger partial charge on any atom is 0.191 e. The van der Waals surface area contributed by atoms with E-state index in [1.807, 2.05) is 18.5 Å². The second-order valence-corrected chi connectivity index (χ2v) is 7.39. The van der Waals surface area contributed by atoms with Crippen LogP contribution in [0.2, 0.25) is 0 Å². The average molecular weight is 495 g/mol. The summed E-state index contributed by atoms with van der Waals surface area (Å²) in [5.74, 6) is 1.77. The highest BCUT2D eigenvalue weighted by Gasteiger charge is 2.05. The molecule has 1 aromatic carbocycles. The number of aliphatic imine (C=N–C) groups is 1. The Kier molecular flexibility index (Phi) is 8.80. The van der Waals surface area contributed by atoms with E-state index in [-0.39, 0.29) is 24.0 Å². The van der Waals surface area contributed by atoms with Crippen molar-refractivity contribution in [1.82, 2.24) is 20.2 Å². The molecule has 0 spiro atoms. The van der Waals surface area contributed by atoms with Gasteiger partial charge in [-0.2, -0.15) is 0 Å². The minimum absolute atomic E-state index is 0. The van der Waals surface area contributed by atoms with E-state index in [0.717, 1.165) is 31.4 Å². The Morgan fingerprint density at radius 3 is 2.67 bits per heavy atom. The Bertz CT molecular complexity index is 841. The van der Waals surface area contributed by atoms with Crippen LogP contribution in [-0.2, 0) is 19.6 Å². The van der Waals surface area contributed by atoms with E-state index < -0.39 is 0 Å². The Labute approximate surface area is 182 Å². The summed E-state index contributed by atoms with van der Waals surface area (Å²) in [7, 11) is 0. The van der Waals surface area contributed by atoms with Crippen LogP contribution in [-0.4, -0.2) is 22.1 Å². The molecule has 0 aliphatic rings. The third-order valence-electron chi connectivity index (χ3n) is 3.95. The van der Waals surface area contributed by atoms with Crippen molar-refractivity contribution in [2.24, 2.45) is 4.99 Å². The maximum atomic E-state index is 4.70. The highest BCUT2D eigenvalue weighted by Crippen LogP contribution is 2.14. The van der Waals surface area contributed by atoms with Crippen molar-refractivity contribution in [2.45, 2.75) is 33.5 Å². The lowest BCUT2D eigenvalue weighted by Crippen LogP contribution is -2.36. The largest absolute Gasteiger partial charge is 0.357 e. The fraction of sp³-hybridized carbons (Fsp3) is 0.300. The lowest BCUT2D eigenvalue weighted by atomic mass is 10.2. The zero-order valence-corrected chi connectivity index (χ0v) is 18.8. The molecule has 0 unspecified atom stereocenters. The number of thiophene rings is 1. The average Bonchev–Trinajstić information content (AvgIpc) is 3.27. The summed E-state index contributed by atoms with van der Waals surface area (Å²) in [6.07, 6.45) is 3.84. The third-order valence-corrected chi connectivity index (χ3v) is 4.95. The van der Waals surface area contributed by atoms with E-state index in [1.54, 1.807) is 11.3 Å². The number of benzene rings is 1. The molecule has 5 nitrogen and oxygen atoms in total. The van der Waals surface area contributed by atoms with Gasteiger partial charge in [-0.15, -0.1) is 35.3 Å². The maximum absolute atomic E-state index is 4.70. The number of hydrogen-bond acceptors (Lipinski definition) is 3. The monoisotopic (exact) mass is 495 g/mol. The van der Waals surface area contributed by atoms with Crippen molar-refractivity contribution >= 4 is 41.3 Å². The summed E-state index contributed by atoms with van der Waals surface area (Å²) in [5, 5.41) is 6.69. The Morgan fingerprint density at radius 1 is 1.15 bits per heavy atom. The topological polar surface area (TPSA) is 54.2 Å². The van der Waals surface area contributed by atoms with Gasteiger partial charge in [0.2, 0.25) is 0 Å². The van der Waals surface area contributed by atoms with Gasteiger partial charge in [-0.05, 0) is 31.5 Å². The molecule has 0 saturated carbocycles. The minimum atomic E-state index is 0. The molecule has 0 aliphatic heterocycles. The van der Waals surface area contributed by atoms with Crippen LogP contribution in [0, 0.1) is 6.92 Å². The number of nitrogens with zero attached hydrogens (tertiary/aromatic N) is 3. The van der Waals surface area contributed by atoms with Gasteiger partial charge in [0.05, 0.1) is 6.54 Å². The summed E-state index contributed by atoms with van der Waals surface area (Å²) in [5.41, 5.74) is 1.26. The van der Waals surface area contributed by atoms with Crippen molar-refractivity contribution in [3.63, 3.8) is 0 Å². The number of guanidine groups is 1. The molecule has 0 bridgehead atoms. The molecular formula is C20H26IN5S. The van der Waals surface area contributed by atoms with Crippen molar-refractivity contribution in [3.8, 4) is 0 Å². The predicted octanol–water partition coefficient (Wildman–Crippen LogP) is 4.17. The van der Waals surface area contributed by atoms with E-state index >= 15 is 0 Å². The highest BCUT2D eigenvalue weighted by atomic mass is 127. The zero-order chi connectivity index (χ0) is 18.2. The smallest absolute Gasteiger partial charge is 0.191 e. The summed E-state index contributed by atoms with van der Waals surface area (Å²) < 4.78 is 2.14. The van der Waals surface area contributed by atoms with Gasteiger partial charge in [0, 0.05) is 35.2 Å². The van der Waals surface area contributed by atoms with Crippen LogP contribution in [0.4, 0.5) is 0 Å². The molecule has 2 heterocycles. The summed E-state index contributed by atoms with van der Waals surface area (Å²) in [4.78, 5) is 11.8. The molecule has 3 aromatic rings. The number of halogens is 1. The van der Waals surface area contributed by atoms with E-state index in [4.69, 9.17) is 4.99 Å². The molecule has 27 heavy (non-hydrogen) atoms. The number of hydrogen-bond donors (Lipinski definition) is 2. The number of nitrogens with one attached hydrogen (secondary N) is 2. The molecule has 144 valence electrons. The molecule has 0 atom stereocenters. The quantitative estimate of drug-likeness (QED) is 0.294. The normalized spacial score (nSPS) is 11.1. The van der Waals surface area contributed by atoms with Gasteiger partial charge in [0.15, 0.2) is 5.96 Å². The van der Waals surface area contributed by atoms with Gasteiger partial charge >= 0.3 is 0 Å². The van der Waals surface area contributed by atoms with Crippen LogP contribution in [0.5, 0.6) is 0 Å². The molecule has 3 rings (SSSR count). The second kappa shape index (κ2) is 11.1. The second-order valence-electron chi connectivity index (χ2n) is 6.02. The Balaban J connectivity index is 0.00000261. The van der Waals surface area contributed by atoms with Crippen LogP contribution in [0.25, 0.3) is 0 Å². The number of rotatable bonds is 7. The van der Waals surface area contributed by atoms with Gasteiger partial charge in [0.25, 0.3) is 0 Å². The molecule has 7 heteroatoms. The molecular weight excluding hydrogens is 469 g/mol. The minimum Gasteiger partial charge on any atom is -0.357 e. The van der Waals surface area contributed by atoms with Gasteiger partial charge in [-0.25, -0.2) is 9.98 Å². The van der Waals surface area contributed by atoms with Gasteiger partial charge in [0.1, 0.15) is 12.4 Å². The molecule has 0 radical (unpaired) electrons. The van der Waals surface area contributed by atoms with Crippen molar-refractivity contribution in [3.05, 3.63) is 76.0 Å². The van der Waals surface area contributed by atoms with Crippen LogP contribution in [0.1, 0.15) is 28.1 Å². The molecule has 0 amide bonds. The lowest BCUT2D eigenvalue weighted by Gasteiger charge is -2.11. The number of aromatic nitrogens is 2. The van der Waals surface area contributed by atoms with E-state index in [1.165, 1.54) is 15.3 Å². The van der Waals surface area contributed by atoms with Gasteiger partial charge < -0.3 is 15.2 Å². The first-order valence-electron chi connectivity index (χ1n) is 8.86. The van der Waals surface area contributed by atoms with Crippen LogP contribution in [0.15, 0.2) is 59.9 Å². The third kappa shape index (κ3) is 6.66. The molecule has 2 aromatic heterocycles. The van der Waals surface area contributed by atoms with E-state index in [9.17, 15) is 0 Å². The van der Waals surface area contributed by atoms with Crippen LogP contribution in [0.3, 0.4) is 0 Å². The van der Waals surface area contributed by atoms with Crippen molar-refractivity contribution in [2.75, 3.05) is 6.54 Å². The fourth-order valence-corrected chi connectivity index (χ4v) is 3.49. The zero-order valence-electron chi connectivity index (χ0n) is 15.7. The van der Waals surface area contributed by atoms with Gasteiger partial charge in [-0.3, -0.25) is 0 Å². The van der Waals surface area contributed by atoms with Crippen LogP contribution >= 0.6 is 35.3 Å². The summed E-state index contributed by atoms with van der Waals surface area (Å²) in [6.45, 7) is 7.15. The summed E-state index contributed by atoms with van der Waals surface area (Å²) >= 11 is 1.81. The summed E-state index contributed by atoms with van der Waals surface area (Å²) in [6, 6.07) is 14.7. The number of aryl methyl sites for hydroxylation is 1. The fourth-order valence-electron chi connectivity index (χ4n) is 2.66. The molecule has 0 aliphatic carbocycles. The first kappa shape index (κ1) is 21.4. The van der Waals surface area contributed by atoms with Crippen LogP contribution < -0.4 is 10.6 Å². The first-order chi connectivity index (χ1) is 12.7. The van der Waals surface area contributed by atoms with E-state index in [0.29, 0.717) is 6.54 Å². The van der Waals surface area contributed by atoms with Crippen molar-refractivity contribution < 1.29 is 0 Å². The first-order valence-corrected chi connectivity index (χ1v) is 9.67. The number of imidazole rings is 1. The highest BCUT2D eigenvalue weighted by molar-refractivity contribution is 14.0. The lowest BCUT2D eigenvalue weighted by molar-refractivity contribution is 0.717. The van der Waals surface area contributed by atoms with E-state index in [2.05, 4.69) is 70.4 Å². The van der Waals surface area contributed by atoms with Gasteiger partial charge in [-0.1, -0.05) is 30.3 Å². The SMILES string of the molecule is CCNC(=NCc1nccn1Cc1ccccc1)NCc1ccc(C)s1.I. The molecule has 0 fully saturated rings. The Hall–Kier alpha value is -1.87. The molecule has 2 N–H and O–H groups in total. The predicted molar refractivity (Wildman–Crippen MR) is 124 cm³/mol. The standard InChI is InChI=1S/C20H25N5S.HI/c1-3-21-20(23-13-18-10-9-16(2)26-18)24-14-19-22-11-12-25(19)15-17-7-5-4-6-8-17;/h4-12H,3,13-15H2,1-2H3,(H2,21,23,24);1H.